The number of methoxy groups -OCH3 is 1. The monoisotopic (exact) mass is 210 g/mol. The molecule has 0 spiro atoms. The third kappa shape index (κ3) is 6.35. The van der Waals surface area contributed by atoms with E-state index in [0.717, 1.165) is 13.5 Å². The second kappa shape index (κ2) is 5.76. The number of hydrazine groups is 1. The van der Waals surface area contributed by atoms with Gasteiger partial charge >= 0.3 is 6.09 Å². The van der Waals surface area contributed by atoms with Crippen molar-refractivity contribution in [3.8, 4) is 0 Å². The van der Waals surface area contributed by atoms with E-state index in [-0.39, 0.29) is 5.75 Å². The van der Waals surface area contributed by atoms with Gasteiger partial charge in [-0.3, -0.25) is 0 Å². The molecule has 0 aromatic heterocycles. The smallest absolute Gasteiger partial charge is 0.422 e. The quantitative estimate of drug-likeness (QED) is 0.624. The first kappa shape index (κ1) is 12.2. The summed E-state index contributed by atoms with van der Waals surface area (Å²) in [5, 5.41) is 0. The lowest BCUT2D eigenvalue weighted by Gasteiger charge is -2.05. The maximum absolute atomic E-state index is 11.0. The van der Waals surface area contributed by atoms with Crippen LogP contribution < -0.4 is 10.3 Å². The minimum atomic E-state index is -3.41. The second-order valence-corrected chi connectivity index (χ2v) is 4.23. The molecule has 0 heterocycles. The van der Waals surface area contributed by atoms with Crippen molar-refractivity contribution in [3.05, 3.63) is 0 Å². The molecule has 6 nitrogen and oxygen atoms in total. The maximum atomic E-state index is 11.0. The van der Waals surface area contributed by atoms with Gasteiger partial charge in [-0.1, -0.05) is 13.3 Å². The van der Waals surface area contributed by atoms with Crippen LogP contribution in [0.1, 0.15) is 19.8 Å². The van der Waals surface area contributed by atoms with Crippen LogP contribution in [0.15, 0.2) is 0 Å². The number of hydrogen-bond acceptors (Lipinski definition) is 4. The van der Waals surface area contributed by atoms with Crippen LogP contribution in [0.4, 0.5) is 4.79 Å². The van der Waals surface area contributed by atoms with Crippen molar-refractivity contribution in [3.63, 3.8) is 0 Å². The fourth-order valence-electron chi connectivity index (χ4n) is 0.556. The van der Waals surface area contributed by atoms with Crippen molar-refractivity contribution in [2.24, 2.45) is 0 Å². The minimum absolute atomic E-state index is 0.00645. The molecule has 13 heavy (non-hydrogen) atoms. The number of hydrogen-bond donors (Lipinski definition) is 2. The Bertz CT molecular complexity index is 249. The number of rotatable bonds is 5. The van der Waals surface area contributed by atoms with E-state index in [0.29, 0.717) is 6.42 Å². The van der Waals surface area contributed by atoms with Crippen molar-refractivity contribution in [2.45, 2.75) is 19.8 Å². The molecule has 0 aliphatic carbocycles. The van der Waals surface area contributed by atoms with E-state index in [1.807, 2.05) is 17.2 Å². The molecule has 0 aromatic rings. The minimum Gasteiger partial charge on any atom is -0.452 e. The molecule has 0 aliphatic heterocycles. The Morgan fingerprint density at radius 3 is 2.54 bits per heavy atom. The largest absolute Gasteiger partial charge is 0.452 e. The predicted molar refractivity (Wildman–Crippen MR) is 47.4 cm³/mol. The van der Waals surface area contributed by atoms with E-state index < -0.39 is 16.1 Å². The number of carbonyl (C=O) groups excluding carboxylic acids is 1. The van der Waals surface area contributed by atoms with E-state index in [9.17, 15) is 13.2 Å². The maximum Gasteiger partial charge on any atom is 0.422 e. The molecule has 0 fully saturated rings. The van der Waals surface area contributed by atoms with Crippen LogP contribution in [0.25, 0.3) is 0 Å². The Hall–Kier alpha value is -0.820. The molecule has 78 valence electrons. The number of sulfonamides is 1. The van der Waals surface area contributed by atoms with Gasteiger partial charge in [-0.05, 0) is 6.42 Å². The third-order valence-corrected chi connectivity index (χ3v) is 2.50. The highest BCUT2D eigenvalue weighted by atomic mass is 32.2. The molecule has 0 saturated carbocycles. The second-order valence-electron chi connectivity index (χ2n) is 2.39. The molecule has 0 atom stereocenters. The summed E-state index contributed by atoms with van der Waals surface area (Å²) in [7, 11) is -2.26. The van der Waals surface area contributed by atoms with Gasteiger partial charge in [0.25, 0.3) is 0 Å². The molecule has 0 bridgehead atoms. The molecular weight excluding hydrogens is 196 g/mol. The van der Waals surface area contributed by atoms with Gasteiger partial charge in [-0.15, -0.1) is 4.83 Å². The van der Waals surface area contributed by atoms with Crippen molar-refractivity contribution in [2.75, 3.05) is 12.9 Å². The van der Waals surface area contributed by atoms with Crippen LogP contribution in [0.3, 0.4) is 0 Å². The first-order valence-corrected chi connectivity index (χ1v) is 5.50. The fourth-order valence-corrected chi connectivity index (χ4v) is 1.57. The molecule has 0 aliphatic rings. The Balaban J connectivity index is 3.83. The van der Waals surface area contributed by atoms with Gasteiger partial charge in [0.05, 0.1) is 12.9 Å². The summed E-state index contributed by atoms with van der Waals surface area (Å²) in [5.41, 5.74) is 1.88. The van der Waals surface area contributed by atoms with Crippen molar-refractivity contribution < 1.29 is 17.9 Å². The molecule has 0 unspecified atom stereocenters. The summed E-state index contributed by atoms with van der Waals surface area (Å²) in [6.07, 6.45) is 0.497. The summed E-state index contributed by atoms with van der Waals surface area (Å²) in [4.78, 5) is 12.4. The standard InChI is InChI=1S/C6H14N2O4S/c1-3-4-5-13(10,11)8-7-6(9)12-2/h8H,3-5H2,1-2H3,(H,7,9). The number of nitrogens with one attached hydrogen (secondary N) is 2. The van der Waals surface area contributed by atoms with Gasteiger partial charge in [0.15, 0.2) is 0 Å². The van der Waals surface area contributed by atoms with Crippen molar-refractivity contribution >= 4 is 16.1 Å². The molecule has 2 N–H and O–H groups in total. The van der Waals surface area contributed by atoms with Gasteiger partial charge in [0, 0.05) is 0 Å². The van der Waals surface area contributed by atoms with Crippen LogP contribution in [-0.2, 0) is 14.8 Å². The molecule has 0 saturated heterocycles. The molecule has 0 radical (unpaired) electrons. The van der Waals surface area contributed by atoms with Crippen LogP contribution in [-0.4, -0.2) is 27.4 Å². The third-order valence-electron chi connectivity index (χ3n) is 1.26. The molecule has 0 aromatic carbocycles. The normalized spacial score (nSPS) is 10.9. The Labute approximate surface area is 77.7 Å². The highest BCUT2D eigenvalue weighted by molar-refractivity contribution is 7.89. The predicted octanol–water partition coefficient (Wildman–Crippen LogP) is -0.0231. The summed E-state index contributed by atoms with van der Waals surface area (Å²) in [6.45, 7) is 1.88. The number of carbonyl (C=O) groups is 1. The van der Waals surface area contributed by atoms with E-state index in [1.54, 1.807) is 0 Å². The number of unbranched alkanes of at least 4 members (excludes halogenated alkanes) is 1. The summed E-state index contributed by atoms with van der Waals surface area (Å²) >= 11 is 0. The average molecular weight is 210 g/mol. The zero-order valence-corrected chi connectivity index (χ0v) is 8.48. The van der Waals surface area contributed by atoms with Crippen LogP contribution >= 0.6 is 0 Å². The van der Waals surface area contributed by atoms with Crippen molar-refractivity contribution in [1.82, 2.24) is 10.3 Å². The Kier molecular flexibility index (Phi) is 5.40. The zero-order valence-electron chi connectivity index (χ0n) is 7.66. The first-order chi connectivity index (χ1) is 6.02. The van der Waals surface area contributed by atoms with Crippen LogP contribution in [0.2, 0.25) is 0 Å². The summed E-state index contributed by atoms with van der Waals surface area (Å²) < 4.78 is 26.2. The lowest BCUT2D eigenvalue weighted by molar-refractivity contribution is 0.169. The van der Waals surface area contributed by atoms with E-state index in [1.165, 1.54) is 0 Å². The summed E-state index contributed by atoms with van der Waals surface area (Å²) in [5.74, 6) is -0.00645. The first-order valence-electron chi connectivity index (χ1n) is 3.85. The topological polar surface area (TPSA) is 84.5 Å². The van der Waals surface area contributed by atoms with Crippen LogP contribution in [0, 0.1) is 0 Å². The van der Waals surface area contributed by atoms with E-state index in [4.69, 9.17) is 0 Å². The fraction of sp³-hybridized carbons (Fsp3) is 0.833. The summed E-state index contributed by atoms with van der Waals surface area (Å²) in [6, 6.07) is 0. The van der Waals surface area contributed by atoms with Gasteiger partial charge in [0.2, 0.25) is 10.0 Å². The van der Waals surface area contributed by atoms with Crippen molar-refractivity contribution in [1.29, 1.82) is 0 Å². The highest BCUT2D eigenvalue weighted by Gasteiger charge is 2.10. The van der Waals surface area contributed by atoms with Gasteiger partial charge in [-0.25, -0.2) is 18.6 Å². The van der Waals surface area contributed by atoms with Gasteiger partial charge < -0.3 is 4.74 Å². The van der Waals surface area contributed by atoms with Gasteiger partial charge in [-0.2, -0.15) is 0 Å². The zero-order chi connectivity index (χ0) is 10.3. The van der Waals surface area contributed by atoms with E-state index >= 15 is 0 Å². The number of amides is 1. The SMILES string of the molecule is CCCCS(=O)(=O)NNC(=O)OC. The molecule has 0 rings (SSSR count). The highest BCUT2D eigenvalue weighted by Crippen LogP contribution is 1.91. The Morgan fingerprint density at radius 1 is 1.46 bits per heavy atom. The Morgan fingerprint density at radius 2 is 2.08 bits per heavy atom. The molecule has 1 amide bonds. The van der Waals surface area contributed by atoms with Crippen LogP contribution in [0.5, 0.6) is 0 Å². The lowest BCUT2D eigenvalue weighted by Crippen LogP contribution is -2.42. The average Bonchev–Trinajstić information content (AvgIpc) is 2.11. The van der Waals surface area contributed by atoms with Gasteiger partial charge in [0.1, 0.15) is 0 Å². The molecule has 7 heteroatoms. The molecular formula is C6H14N2O4S. The number of ether oxygens (including phenoxy) is 1. The van der Waals surface area contributed by atoms with E-state index in [2.05, 4.69) is 4.74 Å². The lowest BCUT2D eigenvalue weighted by atomic mass is 10.4.